The number of rotatable bonds is 10. The van der Waals surface area contributed by atoms with Crippen LogP contribution in [0.4, 0.5) is 4.39 Å². The van der Waals surface area contributed by atoms with Crippen LogP contribution in [-0.4, -0.2) is 41.9 Å². The molecule has 3 atom stereocenters. The minimum Gasteiger partial charge on any atom is -0.497 e. The first-order valence-corrected chi connectivity index (χ1v) is 15.5. The Morgan fingerprint density at radius 3 is 2.63 bits per heavy atom. The lowest BCUT2D eigenvalue weighted by atomic mass is 9.80. The van der Waals surface area contributed by atoms with E-state index in [2.05, 4.69) is 15.7 Å². The number of aromatic nitrogens is 2. The third-order valence-corrected chi connectivity index (χ3v) is 8.84. The summed E-state index contributed by atoms with van der Waals surface area (Å²) in [5.74, 6) is -0.294. The molecule has 5 rings (SSSR count). The van der Waals surface area contributed by atoms with E-state index in [0.717, 1.165) is 11.4 Å². The van der Waals surface area contributed by atoms with Gasteiger partial charge in [0.05, 0.1) is 18.7 Å². The van der Waals surface area contributed by atoms with Gasteiger partial charge in [-0.3, -0.25) is 9.59 Å². The predicted molar refractivity (Wildman–Crippen MR) is 168 cm³/mol. The van der Waals surface area contributed by atoms with Gasteiger partial charge >= 0.3 is 0 Å². The summed E-state index contributed by atoms with van der Waals surface area (Å²) in [4.78, 5) is 27.9. The van der Waals surface area contributed by atoms with Crippen LogP contribution in [0, 0.1) is 11.7 Å². The Morgan fingerprint density at radius 2 is 1.91 bits per heavy atom. The summed E-state index contributed by atoms with van der Waals surface area (Å²) in [5.41, 5.74) is 1.57. The molecule has 0 aliphatic carbocycles. The van der Waals surface area contributed by atoms with Crippen molar-refractivity contribution in [3.63, 3.8) is 0 Å². The minimum atomic E-state index is -0.385. The van der Waals surface area contributed by atoms with Crippen LogP contribution >= 0.6 is 23.4 Å². The Labute approximate surface area is 259 Å². The van der Waals surface area contributed by atoms with Crippen LogP contribution in [0.5, 0.6) is 5.75 Å². The number of aryl methyl sites for hydroxylation is 1. The zero-order valence-electron chi connectivity index (χ0n) is 24.1. The third-order valence-electron chi connectivity index (χ3n) is 7.68. The van der Waals surface area contributed by atoms with E-state index in [1.54, 1.807) is 43.5 Å². The molecular formula is C33H34ClFN4O3S. The smallest absolute Gasteiger partial charge is 0.274 e. The van der Waals surface area contributed by atoms with Crippen LogP contribution in [0.15, 0.2) is 93.6 Å². The van der Waals surface area contributed by atoms with Crippen LogP contribution < -0.4 is 20.9 Å². The molecule has 2 N–H and O–H groups in total. The van der Waals surface area contributed by atoms with Crippen molar-refractivity contribution < 1.29 is 13.9 Å². The third kappa shape index (κ3) is 7.65. The molecule has 1 fully saturated rings. The average Bonchev–Trinajstić information content (AvgIpc) is 3.02. The molecule has 0 bridgehead atoms. The van der Waals surface area contributed by atoms with E-state index in [9.17, 15) is 14.0 Å². The normalized spacial score (nSPS) is 17.3. The molecular weight excluding hydrogens is 587 g/mol. The van der Waals surface area contributed by atoms with Gasteiger partial charge in [0.15, 0.2) is 0 Å². The quantitative estimate of drug-likeness (QED) is 0.226. The zero-order chi connectivity index (χ0) is 30.3. The van der Waals surface area contributed by atoms with Crippen molar-refractivity contribution in [2.24, 2.45) is 5.92 Å². The maximum absolute atomic E-state index is 14.6. The number of carbonyl (C=O) groups is 1. The van der Waals surface area contributed by atoms with Crippen LogP contribution in [0.25, 0.3) is 5.69 Å². The SMILES string of the molecule is COc1ccc(-n2nc(Sc3ccc(Cl)cc3)cc(CC[C@@H](C)NC(=O)[C@H]3CNCC[C@@H]3c3ccccc3F)c2=O)cc1. The van der Waals surface area contributed by atoms with Gasteiger partial charge in [0.25, 0.3) is 5.56 Å². The maximum atomic E-state index is 14.6. The molecule has 4 aromatic rings. The molecule has 2 heterocycles. The van der Waals surface area contributed by atoms with E-state index in [-0.39, 0.29) is 35.2 Å². The van der Waals surface area contributed by atoms with Crippen molar-refractivity contribution in [2.45, 2.75) is 48.1 Å². The van der Waals surface area contributed by atoms with E-state index in [4.69, 9.17) is 16.3 Å². The summed E-state index contributed by atoms with van der Waals surface area (Å²) in [5, 5.41) is 12.3. The lowest BCUT2D eigenvalue weighted by Crippen LogP contribution is -2.47. The molecule has 224 valence electrons. The topological polar surface area (TPSA) is 85.2 Å². The van der Waals surface area contributed by atoms with Gasteiger partial charge < -0.3 is 15.4 Å². The fourth-order valence-corrected chi connectivity index (χ4v) is 6.31. The van der Waals surface area contributed by atoms with Crippen molar-refractivity contribution in [1.29, 1.82) is 0 Å². The number of amides is 1. The van der Waals surface area contributed by atoms with Gasteiger partial charge in [-0.25, -0.2) is 4.39 Å². The molecule has 43 heavy (non-hydrogen) atoms. The van der Waals surface area contributed by atoms with Gasteiger partial charge in [0.2, 0.25) is 5.91 Å². The van der Waals surface area contributed by atoms with Gasteiger partial charge in [0, 0.05) is 34.0 Å². The van der Waals surface area contributed by atoms with Crippen molar-refractivity contribution >= 4 is 29.3 Å². The first-order chi connectivity index (χ1) is 20.8. The number of benzene rings is 3. The number of ether oxygens (including phenoxy) is 1. The second kappa shape index (κ2) is 14.2. The number of hydrogen-bond acceptors (Lipinski definition) is 6. The summed E-state index contributed by atoms with van der Waals surface area (Å²) >= 11 is 7.50. The number of methoxy groups -OCH3 is 1. The fraction of sp³-hybridized carbons (Fsp3) is 0.303. The summed E-state index contributed by atoms with van der Waals surface area (Å²) in [6.07, 6.45) is 1.67. The Hall–Kier alpha value is -3.66. The highest BCUT2D eigenvalue weighted by Gasteiger charge is 2.33. The number of hydrogen-bond donors (Lipinski definition) is 2. The van der Waals surface area contributed by atoms with Gasteiger partial charge in [-0.2, -0.15) is 9.78 Å². The molecule has 0 radical (unpaired) electrons. The first kappa shape index (κ1) is 30.8. The average molecular weight is 621 g/mol. The molecule has 0 unspecified atom stereocenters. The summed E-state index contributed by atoms with van der Waals surface area (Å²) < 4.78 is 21.3. The second-order valence-electron chi connectivity index (χ2n) is 10.7. The summed E-state index contributed by atoms with van der Waals surface area (Å²) in [6, 6.07) is 22.9. The number of nitrogens with zero attached hydrogens (tertiary/aromatic N) is 2. The van der Waals surface area contributed by atoms with E-state index < -0.39 is 0 Å². The molecule has 3 aromatic carbocycles. The molecule has 0 saturated carbocycles. The van der Waals surface area contributed by atoms with Crippen molar-refractivity contribution in [2.75, 3.05) is 20.2 Å². The molecule has 1 saturated heterocycles. The number of nitrogens with one attached hydrogen (secondary N) is 2. The monoisotopic (exact) mass is 620 g/mol. The molecule has 7 nitrogen and oxygen atoms in total. The second-order valence-corrected chi connectivity index (χ2v) is 12.2. The van der Waals surface area contributed by atoms with Gasteiger partial charge in [-0.15, -0.1) is 0 Å². The van der Waals surface area contributed by atoms with E-state index in [0.29, 0.717) is 58.4 Å². The van der Waals surface area contributed by atoms with E-state index >= 15 is 0 Å². The molecule has 1 aromatic heterocycles. The van der Waals surface area contributed by atoms with Gasteiger partial charge in [-0.1, -0.05) is 41.6 Å². The molecule has 1 aliphatic heterocycles. The highest BCUT2D eigenvalue weighted by molar-refractivity contribution is 7.99. The Bertz CT molecular complexity index is 1610. The maximum Gasteiger partial charge on any atom is 0.274 e. The van der Waals surface area contributed by atoms with Crippen molar-refractivity contribution in [3.8, 4) is 11.4 Å². The summed E-state index contributed by atoms with van der Waals surface area (Å²) in [7, 11) is 1.59. The molecule has 1 amide bonds. The standard InChI is InChI=1S/C33H34ClFN4O3S/c1-21(37-32(40)29-20-36-18-17-27(29)28-5-3-4-6-30(28)35)7-8-22-19-31(43-26-15-9-23(34)10-16-26)38-39(33(22)41)24-11-13-25(42-2)14-12-24/h3-6,9-16,19,21,27,29,36H,7-8,17-18,20H2,1-2H3,(H,37,40)/t21-,27-,29+/m1/s1. The molecule has 10 heteroatoms. The molecule has 1 aliphatic rings. The first-order valence-electron chi connectivity index (χ1n) is 14.3. The fourth-order valence-electron chi connectivity index (χ4n) is 5.35. The zero-order valence-corrected chi connectivity index (χ0v) is 25.6. The number of carbonyl (C=O) groups excluding carboxylic acids is 1. The largest absolute Gasteiger partial charge is 0.497 e. The highest BCUT2D eigenvalue weighted by atomic mass is 35.5. The Balaban J connectivity index is 1.33. The Kier molecular flexibility index (Phi) is 10.2. The Morgan fingerprint density at radius 1 is 1.16 bits per heavy atom. The van der Waals surface area contributed by atoms with E-state index in [1.807, 2.05) is 43.3 Å². The van der Waals surface area contributed by atoms with Crippen LogP contribution in [-0.2, 0) is 11.2 Å². The van der Waals surface area contributed by atoms with Crippen LogP contribution in [0.1, 0.15) is 36.8 Å². The number of piperidine rings is 1. The van der Waals surface area contributed by atoms with E-state index in [1.165, 1.54) is 22.5 Å². The van der Waals surface area contributed by atoms with Gasteiger partial charge in [0.1, 0.15) is 16.6 Å². The highest BCUT2D eigenvalue weighted by Crippen LogP contribution is 2.32. The predicted octanol–water partition coefficient (Wildman–Crippen LogP) is 6.02. The van der Waals surface area contributed by atoms with Gasteiger partial charge in [-0.05, 0) is 99.0 Å². The van der Waals surface area contributed by atoms with Crippen LogP contribution in [0.3, 0.4) is 0 Å². The minimum absolute atomic E-state index is 0.114. The van der Waals surface area contributed by atoms with Crippen molar-refractivity contribution in [1.82, 2.24) is 20.4 Å². The lowest BCUT2D eigenvalue weighted by molar-refractivity contribution is -0.126. The van der Waals surface area contributed by atoms with Crippen molar-refractivity contribution in [3.05, 3.63) is 111 Å². The molecule has 0 spiro atoms. The van der Waals surface area contributed by atoms with Crippen LogP contribution in [0.2, 0.25) is 5.02 Å². The lowest BCUT2D eigenvalue weighted by Gasteiger charge is -2.32. The summed E-state index contributed by atoms with van der Waals surface area (Å²) in [6.45, 7) is 3.15. The number of halogens is 2.